The number of nitrogen functional groups attached to an aromatic ring is 1. The predicted octanol–water partition coefficient (Wildman–Crippen LogP) is 1.10. The zero-order valence-corrected chi connectivity index (χ0v) is 12.1. The van der Waals surface area contributed by atoms with Crippen molar-refractivity contribution in [3.63, 3.8) is 0 Å². The van der Waals surface area contributed by atoms with Crippen LogP contribution in [0.1, 0.15) is 44.9 Å². The van der Waals surface area contributed by atoms with Gasteiger partial charge in [-0.1, -0.05) is 37.9 Å². The van der Waals surface area contributed by atoms with E-state index in [1.165, 1.54) is 35.7 Å². The predicted molar refractivity (Wildman–Crippen MR) is 75.3 cm³/mol. The first-order chi connectivity index (χ1) is 9.20. The second-order valence-corrected chi connectivity index (χ2v) is 5.76. The molecule has 1 aliphatic rings. The van der Waals surface area contributed by atoms with E-state index in [-0.39, 0.29) is 5.91 Å². The largest absolute Gasteiger partial charge is 0.353 e. The molecule has 1 aromatic heterocycles. The normalized spacial score (nSPS) is 16.5. The van der Waals surface area contributed by atoms with Gasteiger partial charge in [0.25, 0.3) is 0 Å². The number of thioether (sulfide) groups is 1. The van der Waals surface area contributed by atoms with Crippen LogP contribution in [0.4, 0.5) is 0 Å². The van der Waals surface area contributed by atoms with E-state index in [1.807, 2.05) is 6.92 Å². The molecule has 1 amide bonds. The molecule has 1 saturated carbocycles. The van der Waals surface area contributed by atoms with Crippen LogP contribution in [-0.4, -0.2) is 32.6 Å². The van der Waals surface area contributed by atoms with Gasteiger partial charge in [0.1, 0.15) is 0 Å². The lowest BCUT2D eigenvalue weighted by atomic mass is 9.95. The van der Waals surface area contributed by atoms with E-state index >= 15 is 0 Å². The fraction of sp³-hybridized carbons (Fsp3) is 0.750. The highest BCUT2D eigenvalue weighted by Crippen LogP contribution is 2.18. The first kappa shape index (κ1) is 14.2. The zero-order chi connectivity index (χ0) is 13.7. The smallest absolute Gasteiger partial charge is 0.230 e. The van der Waals surface area contributed by atoms with Crippen molar-refractivity contribution >= 4 is 17.7 Å². The molecular formula is C12H21N5OS. The third kappa shape index (κ3) is 3.86. The first-order valence-corrected chi connectivity index (χ1v) is 7.80. The molecule has 0 aliphatic heterocycles. The van der Waals surface area contributed by atoms with E-state index in [2.05, 4.69) is 15.5 Å². The minimum absolute atomic E-state index is 0.0537. The molecule has 0 unspecified atom stereocenters. The number of nitrogens with zero attached hydrogens (tertiary/aromatic N) is 3. The summed E-state index contributed by atoms with van der Waals surface area (Å²) in [5.41, 5.74) is 0. The summed E-state index contributed by atoms with van der Waals surface area (Å²) in [4.78, 5) is 11.8. The maximum Gasteiger partial charge on any atom is 0.230 e. The Morgan fingerprint density at radius 3 is 2.79 bits per heavy atom. The maximum absolute atomic E-state index is 11.8. The van der Waals surface area contributed by atoms with E-state index in [0.29, 0.717) is 17.0 Å². The average Bonchev–Trinajstić information content (AvgIpc) is 2.78. The van der Waals surface area contributed by atoms with Crippen molar-refractivity contribution in [1.82, 2.24) is 20.2 Å². The van der Waals surface area contributed by atoms with Gasteiger partial charge in [0.2, 0.25) is 11.1 Å². The summed E-state index contributed by atoms with van der Waals surface area (Å²) in [7, 11) is 0. The molecule has 0 radical (unpaired) electrons. The molecule has 0 aromatic carbocycles. The monoisotopic (exact) mass is 283 g/mol. The molecule has 19 heavy (non-hydrogen) atoms. The van der Waals surface area contributed by atoms with Gasteiger partial charge in [-0.2, -0.15) is 0 Å². The second-order valence-electron chi connectivity index (χ2n) is 4.81. The summed E-state index contributed by atoms with van der Waals surface area (Å²) >= 11 is 1.33. The second kappa shape index (κ2) is 6.79. The van der Waals surface area contributed by atoms with Crippen LogP contribution in [0.25, 0.3) is 0 Å². The molecule has 1 fully saturated rings. The van der Waals surface area contributed by atoms with Crippen molar-refractivity contribution in [3.8, 4) is 0 Å². The maximum atomic E-state index is 11.8. The zero-order valence-electron chi connectivity index (χ0n) is 11.3. The van der Waals surface area contributed by atoms with Gasteiger partial charge >= 0.3 is 0 Å². The lowest BCUT2D eigenvalue weighted by Gasteiger charge is -2.22. The Labute approximate surface area is 117 Å². The molecule has 1 heterocycles. The van der Waals surface area contributed by atoms with Crippen LogP contribution in [0.2, 0.25) is 0 Å². The number of nitrogens with one attached hydrogen (secondary N) is 1. The molecule has 0 spiro atoms. The molecule has 0 bridgehead atoms. The van der Waals surface area contributed by atoms with Gasteiger partial charge in [-0.05, 0) is 12.8 Å². The molecule has 7 heteroatoms. The molecule has 6 nitrogen and oxygen atoms in total. The lowest BCUT2D eigenvalue weighted by molar-refractivity contribution is -0.119. The summed E-state index contributed by atoms with van der Waals surface area (Å²) in [6.07, 6.45) is 6.66. The van der Waals surface area contributed by atoms with Crippen molar-refractivity contribution in [2.75, 3.05) is 11.6 Å². The minimum Gasteiger partial charge on any atom is -0.353 e. The number of amides is 1. The number of carbonyl (C=O) groups excluding carboxylic acids is 1. The first-order valence-electron chi connectivity index (χ1n) is 6.82. The van der Waals surface area contributed by atoms with Crippen LogP contribution in [0.15, 0.2) is 5.16 Å². The Morgan fingerprint density at radius 1 is 1.42 bits per heavy atom. The quantitative estimate of drug-likeness (QED) is 0.624. The van der Waals surface area contributed by atoms with E-state index in [0.717, 1.165) is 25.1 Å². The minimum atomic E-state index is 0.0537. The van der Waals surface area contributed by atoms with Crippen LogP contribution >= 0.6 is 11.8 Å². The van der Waals surface area contributed by atoms with Crippen molar-refractivity contribution < 1.29 is 4.79 Å². The average molecular weight is 283 g/mol. The molecule has 106 valence electrons. The Hall–Kier alpha value is -1.24. The number of carbonyl (C=O) groups is 1. The third-order valence-electron chi connectivity index (χ3n) is 3.35. The molecule has 3 N–H and O–H groups in total. The number of nitrogens with two attached hydrogens (primary N) is 1. The molecule has 0 atom stereocenters. The number of hydrogen-bond donors (Lipinski definition) is 2. The van der Waals surface area contributed by atoms with E-state index in [9.17, 15) is 4.79 Å². The Kier molecular flexibility index (Phi) is 5.07. The van der Waals surface area contributed by atoms with Crippen LogP contribution in [-0.2, 0) is 11.2 Å². The van der Waals surface area contributed by atoms with E-state index in [4.69, 9.17) is 5.84 Å². The summed E-state index contributed by atoms with van der Waals surface area (Å²) in [6.45, 7) is 1.97. The lowest BCUT2D eigenvalue weighted by Crippen LogP contribution is -2.37. The molecule has 2 rings (SSSR count). The molecule has 1 aromatic rings. The Morgan fingerprint density at radius 2 is 2.16 bits per heavy atom. The van der Waals surface area contributed by atoms with Crippen LogP contribution < -0.4 is 11.2 Å². The summed E-state index contributed by atoms with van der Waals surface area (Å²) in [5, 5.41) is 11.6. The molecule has 1 aliphatic carbocycles. The van der Waals surface area contributed by atoms with Gasteiger partial charge < -0.3 is 11.2 Å². The summed E-state index contributed by atoms with van der Waals surface area (Å²) in [6, 6.07) is 0.351. The van der Waals surface area contributed by atoms with Crippen molar-refractivity contribution in [3.05, 3.63) is 5.82 Å². The Balaban J connectivity index is 1.77. The van der Waals surface area contributed by atoms with Crippen LogP contribution in [0.5, 0.6) is 0 Å². The van der Waals surface area contributed by atoms with E-state index < -0.39 is 0 Å². The van der Waals surface area contributed by atoms with Gasteiger partial charge in [-0.15, -0.1) is 10.2 Å². The van der Waals surface area contributed by atoms with Crippen LogP contribution in [0, 0.1) is 0 Å². The standard InChI is InChI=1S/C12H21N5OS/c1-2-10-15-16-12(17(10)13)19-8-11(18)14-9-6-4-3-5-7-9/h9H,2-8,13H2,1H3,(H,14,18). The third-order valence-corrected chi connectivity index (χ3v) is 4.30. The van der Waals surface area contributed by atoms with E-state index in [1.54, 1.807) is 0 Å². The highest BCUT2D eigenvalue weighted by molar-refractivity contribution is 7.99. The van der Waals surface area contributed by atoms with Gasteiger partial charge in [0.15, 0.2) is 5.82 Å². The number of hydrogen-bond acceptors (Lipinski definition) is 5. The fourth-order valence-corrected chi connectivity index (χ4v) is 2.98. The Bertz CT molecular complexity index is 428. The number of aromatic nitrogens is 3. The van der Waals surface area contributed by atoms with Crippen molar-refractivity contribution in [1.29, 1.82) is 0 Å². The highest BCUT2D eigenvalue weighted by atomic mass is 32.2. The van der Waals surface area contributed by atoms with Crippen molar-refractivity contribution in [2.24, 2.45) is 0 Å². The summed E-state index contributed by atoms with van der Waals surface area (Å²) in [5.74, 6) is 6.95. The van der Waals surface area contributed by atoms with Gasteiger partial charge in [-0.3, -0.25) is 4.79 Å². The van der Waals surface area contributed by atoms with Crippen LogP contribution in [0.3, 0.4) is 0 Å². The highest BCUT2D eigenvalue weighted by Gasteiger charge is 2.16. The fourth-order valence-electron chi connectivity index (χ4n) is 2.29. The van der Waals surface area contributed by atoms with Gasteiger partial charge in [-0.25, -0.2) is 4.68 Å². The topological polar surface area (TPSA) is 85.8 Å². The SMILES string of the molecule is CCc1nnc(SCC(=O)NC2CCCCC2)n1N. The van der Waals surface area contributed by atoms with Crippen molar-refractivity contribution in [2.45, 2.75) is 56.6 Å². The van der Waals surface area contributed by atoms with Gasteiger partial charge in [0, 0.05) is 12.5 Å². The number of aryl methyl sites for hydroxylation is 1. The molecule has 0 saturated heterocycles. The van der Waals surface area contributed by atoms with Gasteiger partial charge in [0.05, 0.1) is 5.75 Å². The number of rotatable bonds is 5. The molecular weight excluding hydrogens is 262 g/mol. The summed E-state index contributed by atoms with van der Waals surface area (Å²) < 4.78 is 1.46.